The van der Waals surface area contributed by atoms with Crippen molar-refractivity contribution in [2.75, 3.05) is 13.2 Å². The molecule has 0 saturated carbocycles. The fourth-order valence-corrected chi connectivity index (χ4v) is 7.45. The van der Waals surface area contributed by atoms with Gasteiger partial charge in [0, 0.05) is 0 Å². The summed E-state index contributed by atoms with van der Waals surface area (Å²) in [5.74, 6) is -1.49. The molecule has 0 fully saturated rings. The van der Waals surface area contributed by atoms with E-state index >= 15 is 0 Å². The molecule has 0 bridgehead atoms. The van der Waals surface area contributed by atoms with Crippen LogP contribution in [0.1, 0.15) is 240 Å². The van der Waals surface area contributed by atoms with Gasteiger partial charge in [0.15, 0.2) is 0 Å². The number of unbranched alkanes of at least 4 members (excludes halogenated alkanes) is 28. The van der Waals surface area contributed by atoms with Crippen LogP contribution in [0.15, 0.2) is 47.4 Å². The van der Waals surface area contributed by atoms with Crippen molar-refractivity contribution >= 4 is 22.1 Å². The van der Waals surface area contributed by atoms with Gasteiger partial charge in [0.1, 0.15) is 0 Å². The molecule has 56 heavy (non-hydrogen) atoms. The lowest BCUT2D eigenvalue weighted by atomic mass is 10.0. The van der Waals surface area contributed by atoms with E-state index in [0.717, 1.165) is 50.7 Å². The van der Waals surface area contributed by atoms with Gasteiger partial charge in [0.05, 0.1) is 29.2 Å². The van der Waals surface area contributed by atoms with Crippen LogP contribution < -0.4 is 0 Å². The van der Waals surface area contributed by atoms with Gasteiger partial charge in [-0.15, -0.1) is 0 Å². The fraction of sp³-hybridized carbons (Fsp3) is 0.750. The molecule has 1 aromatic carbocycles. The van der Waals surface area contributed by atoms with Gasteiger partial charge >= 0.3 is 11.9 Å². The highest BCUT2D eigenvalue weighted by atomic mass is 32.2. The summed E-state index contributed by atoms with van der Waals surface area (Å²) in [6, 6.07) is 3.31. The molecular weight excluding hydrogens is 721 g/mol. The highest BCUT2D eigenvalue weighted by molar-refractivity contribution is 7.85. The molecule has 1 rings (SSSR count). The Morgan fingerprint density at radius 3 is 1.11 bits per heavy atom. The van der Waals surface area contributed by atoms with Crippen molar-refractivity contribution in [1.29, 1.82) is 0 Å². The summed E-state index contributed by atoms with van der Waals surface area (Å²) in [7, 11) is -4.57. The second-order valence-corrected chi connectivity index (χ2v) is 17.2. The summed E-state index contributed by atoms with van der Waals surface area (Å²) in [6.07, 6.45) is 48.0. The monoisotopic (exact) mass is 803 g/mol. The zero-order chi connectivity index (χ0) is 40.8. The molecule has 1 N–H and O–H groups in total. The number of carbonyl (C=O) groups excluding carboxylic acids is 2. The molecule has 0 radical (unpaired) electrons. The van der Waals surface area contributed by atoms with Crippen molar-refractivity contribution in [2.45, 2.75) is 224 Å². The van der Waals surface area contributed by atoms with Crippen molar-refractivity contribution in [3.05, 3.63) is 53.6 Å². The maximum absolute atomic E-state index is 13.0. The first kappa shape index (κ1) is 51.6. The predicted molar refractivity (Wildman–Crippen MR) is 234 cm³/mol. The molecule has 1 aromatic rings. The Morgan fingerprint density at radius 2 is 0.768 bits per heavy atom. The van der Waals surface area contributed by atoms with Crippen molar-refractivity contribution in [3.63, 3.8) is 0 Å². The smallest absolute Gasteiger partial charge is 0.339 e. The Labute approximate surface area is 344 Å². The van der Waals surface area contributed by atoms with Gasteiger partial charge in [-0.25, -0.2) is 9.59 Å². The Kier molecular flexibility index (Phi) is 33.9. The van der Waals surface area contributed by atoms with Crippen molar-refractivity contribution in [2.24, 2.45) is 0 Å². The third-order valence-corrected chi connectivity index (χ3v) is 11.3. The number of allylic oxidation sites excluding steroid dienone is 4. The van der Waals surface area contributed by atoms with Crippen molar-refractivity contribution in [1.82, 2.24) is 0 Å². The Morgan fingerprint density at radius 1 is 0.464 bits per heavy atom. The minimum Gasteiger partial charge on any atom is -0.462 e. The highest BCUT2D eigenvalue weighted by Crippen LogP contribution is 2.20. The van der Waals surface area contributed by atoms with Crippen LogP contribution in [0.3, 0.4) is 0 Å². The molecule has 0 aromatic heterocycles. The Hall–Kier alpha value is -2.45. The molecular formula is C48H82O7S. The van der Waals surface area contributed by atoms with Crippen LogP contribution >= 0.6 is 0 Å². The lowest BCUT2D eigenvalue weighted by Gasteiger charge is -2.11. The van der Waals surface area contributed by atoms with Gasteiger partial charge in [-0.1, -0.05) is 192 Å². The topological polar surface area (TPSA) is 107 Å². The van der Waals surface area contributed by atoms with Gasteiger partial charge in [0.25, 0.3) is 10.1 Å². The summed E-state index contributed by atoms with van der Waals surface area (Å²) >= 11 is 0. The molecule has 0 amide bonds. The van der Waals surface area contributed by atoms with E-state index in [4.69, 9.17) is 9.47 Å². The zero-order valence-electron chi connectivity index (χ0n) is 35.9. The molecule has 0 aliphatic carbocycles. The fourth-order valence-electron chi connectivity index (χ4n) is 6.94. The summed E-state index contributed by atoms with van der Waals surface area (Å²) in [4.78, 5) is 25.4. The van der Waals surface area contributed by atoms with Gasteiger partial charge in [0.2, 0.25) is 0 Å². The van der Waals surface area contributed by atoms with Gasteiger partial charge in [-0.05, 0) is 69.6 Å². The van der Waals surface area contributed by atoms with Crippen LogP contribution in [-0.4, -0.2) is 38.1 Å². The van der Waals surface area contributed by atoms with E-state index in [1.54, 1.807) is 0 Å². The first-order valence-corrected chi connectivity index (χ1v) is 24.5. The molecule has 0 spiro atoms. The van der Waals surface area contributed by atoms with E-state index < -0.39 is 27.0 Å². The maximum atomic E-state index is 13.0. The number of ether oxygens (including phenoxy) is 2. The largest absolute Gasteiger partial charge is 0.462 e. The Balaban J connectivity index is 2.18. The second kappa shape index (κ2) is 36.9. The average Bonchev–Trinajstić information content (AvgIpc) is 3.18. The number of esters is 2. The molecule has 322 valence electrons. The summed E-state index contributed by atoms with van der Waals surface area (Å²) < 4.78 is 44.0. The number of hydrogen-bond donors (Lipinski definition) is 1. The van der Waals surface area contributed by atoms with Crippen LogP contribution in [0.2, 0.25) is 0 Å². The standard InChI is InChI=1S/C48H82O7S/c1-3-5-7-9-11-13-15-17-19-21-23-25-27-29-31-33-35-37-41-54-47(49)45-40-39-44(56(51,52)53)43-46(45)48(50)55-42-38-36-34-32-30-28-26-24-22-20-18-16-14-12-10-8-6-4-2/h7-10,39-40,43H,3-6,11-38,41-42H2,1-2H3,(H,51,52,53)/b9-7+,10-8+. The third kappa shape index (κ3) is 29.7. The normalized spacial score (nSPS) is 11.9. The number of rotatable bonds is 39. The molecule has 0 unspecified atom stereocenters. The first-order chi connectivity index (χ1) is 27.3. The Bertz CT molecular complexity index is 1270. The van der Waals surface area contributed by atoms with E-state index in [1.165, 1.54) is 167 Å². The SMILES string of the molecule is CCC/C=C/CCCCCCCCCCCCCCCOC(=O)c1ccc(S(=O)(=O)O)cc1C(=O)OCCCCCCCCCCCCCCC/C=C/CCC. The lowest BCUT2D eigenvalue weighted by Crippen LogP contribution is -2.16. The summed E-state index contributed by atoms with van der Waals surface area (Å²) in [6.45, 7) is 4.83. The summed E-state index contributed by atoms with van der Waals surface area (Å²) in [5.41, 5.74) is -0.267. The zero-order valence-corrected chi connectivity index (χ0v) is 36.7. The molecule has 7 nitrogen and oxygen atoms in total. The van der Waals surface area contributed by atoms with Crippen LogP contribution in [0.5, 0.6) is 0 Å². The second-order valence-electron chi connectivity index (χ2n) is 15.7. The molecule has 0 saturated heterocycles. The third-order valence-electron chi connectivity index (χ3n) is 10.5. The van der Waals surface area contributed by atoms with Gasteiger partial charge in [-0.3, -0.25) is 4.55 Å². The predicted octanol–water partition coefficient (Wildman–Crippen LogP) is 14.9. The van der Waals surface area contributed by atoms with Gasteiger partial charge < -0.3 is 9.47 Å². The van der Waals surface area contributed by atoms with Crippen LogP contribution in [0.25, 0.3) is 0 Å². The quantitative estimate of drug-likeness (QED) is 0.0306. The first-order valence-electron chi connectivity index (χ1n) is 23.1. The van der Waals surface area contributed by atoms with Crippen LogP contribution in [0.4, 0.5) is 0 Å². The number of carbonyl (C=O) groups is 2. The highest BCUT2D eigenvalue weighted by Gasteiger charge is 2.23. The molecule has 8 heteroatoms. The number of hydrogen-bond acceptors (Lipinski definition) is 6. The van der Waals surface area contributed by atoms with Crippen LogP contribution in [-0.2, 0) is 19.6 Å². The average molecular weight is 803 g/mol. The van der Waals surface area contributed by atoms with E-state index in [9.17, 15) is 22.6 Å². The molecule has 0 aliphatic heterocycles. The van der Waals surface area contributed by atoms with Crippen molar-refractivity contribution < 1.29 is 32.0 Å². The molecule has 0 aliphatic rings. The summed E-state index contributed by atoms with van der Waals surface area (Å²) in [5, 5.41) is 0. The number of benzene rings is 1. The van der Waals surface area contributed by atoms with E-state index in [-0.39, 0.29) is 24.3 Å². The molecule has 0 atom stereocenters. The van der Waals surface area contributed by atoms with Gasteiger partial charge in [-0.2, -0.15) is 8.42 Å². The van der Waals surface area contributed by atoms with E-state index in [1.807, 2.05) is 0 Å². The van der Waals surface area contributed by atoms with E-state index in [2.05, 4.69) is 38.2 Å². The lowest BCUT2D eigenvalue weighted by molar-refractivity contribution is 0.0450. The maximum Gasteiger partial charge on any atom is 0.339 e. The minimum absolute atomic E-state index is 0.0582. The van der Waals surface area contributed by atoms with Crippen LogP contribution in [0, 0.1) is 0 Å². The minimum atomic E-state index is -4.57. The molecule has 0 heterocycles. The van der Waals surface area contributed by atoms with Crippen molar-refractivity contribution in [3.8, 4) is 0 Å². The van der Waals surface area contributed by atoms with E-state index in [0.29, 0.717) is 6.42 Å².